The third-order valence-electron chi connectivity index (χ3n) is 9.41. The predicted octanol–water partition coefficient (Wildman–Crippen LogP) is 7.73. The Labute approximate surface area is 290 Å². The van der Waals surface area contributed by atoms with E-state index in [1.807, 2.05) is 103 Å². The van der Waals surface area contributed by atoms with Gasteiger partial charge in [0, 0.05) is 68.0 Å². The number of nitrogens with zero attached hydrogens (tertiary/aromatic N) is 4. The van der Waals surface area contributed by atoms with Crippen LogP contribution < -0.4 is 4.90 Å². The first-order valence-corrected chi connectivity index (χ1v) is 17.5. The molecule has 1 aliphatic rings. The Morgan fingerprint density at radius 3 is 2.12 bits per heavy atom. The van der Waals surface area contributed by atoms with Crippen molar-refractivity contribution in [3.05, 3.63) is 131 Å². The Morgan fingerprint density at radius 1 is 0.796 bits per heavy atom. The van der Waals surface area contributed by atoms with Crippen LogP contribution in [0.5, 0.6) is 0 Å². The summed E-state index contributed by atoms with van der Waals surface area (Å²) < 4.78 is 5.48. The third kappa shape index (κ3) is 7.74. The number of para-hydroxylation sites is 2. The predicted molar refractivity (Wildman–Crippen MR) is 198 cm³/mol. The topological polar surface area (TPSA) is 66.0 Å². The fraction of sp³-hybridized carbons (Fsp3) is 0.310. The Kier molecular flexibility index (Phi) is 11.1. The quantitative estimate of drug-likeness (QED) is 0.128. The van der Waals surface area contributed by atoms with Gasteiger partial charge in [0.05, 0.1) is 29.3 Å². The maximum atomic E-state index is 15.0. The Bertz CT molecular complexity index is 1870. The lowest BCUT2D eigenvalue weighted by Crippen LogP contribution is -2.48. The molecule has 5 aromatic rings. The first-order valence-electron chi connectivity index (χ1n) is 17.5. The van der Waals surface area contributed by atoms with Crippen LogP contribution in [0, 0.1) is 6.92 Å². The molecule has 4 aromatic carbocycles. The molecule has 1 amide bonds. The van der Waals surface area contributed by atoms with E-state index in [2.05, 4.69) is 41.8 Å². The third-order valence-corrected chi connectivity index (χ3v) is 9.41. The molecule has 6 rings (SSSR count). The first kappa shape index (κ1) is 34.0. The fourth-order valence-electron chi connectivity index (χ4n) is 6.90. The highest BCUT2D eigenvalue weighted by Gasteiger charge is 2.30. The molecule has 1 aromatic heterocycles. The minimum absolute atomic E-state index is 0.000654. The summed E-state index contributed by atoms with van der Waals surface area (Å²) in [5.41, 5.74) is 7.30. The number of esters is 1. The van der Waals surface area contributed by atoms with Gasteiger partial charge in [0.15, 0.2) is 0 Å². The molecule has 7 nitrogen and oxygen atoms in total. The summed E-state index contributed by atoms with van der Waals surface area (Å²) >= 11 is 0. The molecule has 1 atom stereocenters. The zero-order valence-corrected chi connectivity index (χ0v) is 28.8. The van der Waals surface area contributed by atoms with Gasteiger partial charge in [0.25, 0.3) is 5.91 Å². The minimum atomic E-state index is -0.336. The molecular formula is C42H46N4O3. The van der Waals surface area contributed by atoms with E-state index >= 15 is 4.79 Å². The summed E-state index contributed by atoms with van der Waals surface area (Å²) in [5, 5.41) is 0.871. The lowest BCUT2D eigenvalue weighted by molar-refractivity contribution is -0.145. The van der Waals surface area contributed by atoms with E-state index in [1.165, 1.54) is 0 Å². The van der Waals surface area contributed by atoms with Crippen molar-refractivity contribution in [2.24, 2.45) is 0 Å². The molecule has 0 bridgehead atoms. The Balaban J connectivity index is 1.35. The molecule has 252 valence electrons. The molecule has 2 heterocycles. The molecule has 0 spiro atoms. The van der Waals surface area contributed by atoms with Crippen LogP contribution >= 0.6 is 0 Å². The van der Waals surface area contributed by atoms with Gasteiger partial charge in [-0.15, -0.1) is 0 Å². The lowest BCUT2D eigenvalue weighted by atomic mass is 9.94. The van der Waals surface area contributed by atoms with E-state index in [0.717, 1.165) is 82.7 Å². The van der Waals surface area contributed by atoms with Crippen LogP contribution in [-0.4, -0.2) is 72.5 Å². The molecule has 0 N–H and O–H groups in total. The molecule has 7 heteroatoms. The van der Waals surface area contributed by atoms with Crippen molar-refractivity contribution < 1.29 is 14.3 Å². The smallest absolute Gasteiger partial charge is 0.314 e. The number of aryl methyl sites for hydroxylation is 1. The average molecular weight is 655 g/mol. The van der Waals surface area contributed by atoms with Gasteiger partial charge >= 0.3 is 5.97 Å². The second-order valence-corrected chi connectivity index (χ2v) is 12.7. The number of hydrogen-bond acceptors (Lipinski definition) is 6. The van der Waals surface area contributed by atoms with Gasteiger partial charge < -0.3 is 9.64 Å². The molecule has 0 radical (unpaired) electrons. The molecule has 1 saturated heterocycles. The van der Waals surface area contributed by atoms with Gasteiger partial charge in [-0.25, -0.2) is 4.98 Å². The van der Waals surface area contributed by atoms with Gasteiger partial charge in [-0.05, 0) is 43.5 Å². The van der Waals surface area contributed by atoms with Crippen molar-refractivity contribution in [2.45, 2.75) is 39.7 Å². The Morgan fingerprint density at radius 2 is 1.43 bits per heavy atom. The molecule has 0 aliphatic carbocycles. The van der Waals surface area contributed by atoms with Crippen molar-refractivity contribution in [1.82, 2.24) is 14.8 Å². The van der Waals surface area contributed by atoms with Gasteiger partial charge in [0.2, 0.25) is 0 Å². The van der Waals surface area contributed by atoms with E-state index < -0.39 is 0 Å². The maximum absolute atomic E-state index is 15.0. The largest absolute Gasteiger partial charge is 0.465 e. The van der Waals surface area contributed by atoms with Crippen molar-refractivity contribution in [1.29, 1.82) is 0 Å². The lowest BCUT2D eigenvalue weighted by Gasteiger charge is -2.37. The van der Waals surface area contributed by atoms with Crippen molar-refractivity contribution in [3.8, 4) is 11.3 Å². The normalized spacial score (nSPS) is 14.4. The van der Waals surface area contributed by atoms with Gasteiger partial charge in [-0.1, -0.05) is 104 Å². The number of fused-ring (bicyclic) bond motifs is 1. The molecular weight excluding hydrogens is 608 g/mol. The van der Waals surface area contributed by atoms with E-state index in [0.29, 0.717) is 26.2 Å². The summed E-state index contributed by atoms with van der Waals surface area (Å²) in [4.78, 5) is 40.0. The highest BCUT2D eigenvalue weighted by Crippen LogP contribution is 2.34. The van der Waals surface area contributed by atoms with Crippen LogP contribution in [0.4, 0.5) is 5.69 Å². The van der Waals surface area contributed by atoms with Gasteiger partial charge in [-0.2, -0.15) is 0 Å². The summed E-state index contributed by atoms with van der Waals surface area (Å²) in [5.74, 6) is -0.516. The Hall–Kier alpha value is -4.85. The highest BCUT2D eigenvalue weighted by atomic mass is 16.5. The molecule has 1 fully saturated rings. The van der Waals surface area contributed by atoms with Crippen molar-refractivity contribution >= 4 is 28.5 Å². The highest BCUT2D eigenvalue weighted by molar-refractivity contribution is 6.15. The number of ether oxygens (including phenoxy) is 1. The van der Waals surface area contributed by atoms with Crippen molar-refractivity contribution in [3.63, 3.8) is 0 Å². The van der Waals surface area contributed by atoms with E-state index in [9.17, 15) is 4.79 Å². The number of pyridine rings is 1. The van der Waals surface area contributed by atoms with Crippen LogP contribution in [0.2, 0.25) is 0 Å². The standard InChI is InChI=1S/C42H46N4O3/c1-4-24-46(38-23-15-12-16-31(38)3)41(47)39-34-21-13-14-22-37(34)43-40(33-19-10-7-11-20-33)36(39)30-45-27-25-44(26-28-45)29-35(42(48)49-5-2)32-17-8-6-9-18-32/h6-23,35H,4-5,24-30H2,1-3H3. The van der Waals surface area contributed by atoms with Crippen LogP contribution in [0.15, 0.2) is 109 Å². The molecule has 0 saturated carbocycles. The average Bonchev–Trinajstić information content (AvgIpc) is 3.14. The number of rotatable bonds is 12. The van der Waals surface area contributed by atoms with Gasteiger partial charge in [-0.3, -0.25) is 19.4 Å². The summed E-state index contributed by atoms with van der Waals surface area (Å²) in [6.07, 6.45) is 0.835. The second kappa shape index (κ2) is 16.0. The zero-order valence-electron chi connectivity index (χ0n) is 28.8. The first-order chi connectivity index (χ1) is 24.0. The van der Waals surface area contributed by atoms with Crippen LogP contribution in [0.3, 0.4) is 0 Å². The number of benzene rings is 4. The number of hydrogen-bond donors (Lipinski definition) is 0. The molecule has 49 heavy (non-hydrogen) atoms. The summed E-state index contributed by atoms with van der Waals surface area (Å²) in [6.45, 7) is 11.4. The van der Waals surface area contributed by atoms with Crippen LogP contribution in [0.1, 0.15) is 53.2 Å². The number of amides is 1. The number of carbonyl (C=O) groups excluding carboxylic acids is 2. The minimum Gasteiger partial charge on any atom is -0.465 e. The zero-order chi connectivity index (χ0) is 34.2. The van der Waals surface area contributed by atoms with Crippen LogP contribution in [-0.2, 0) is 16.1 Å². The van der Waals surface area contributed by atoms with E-state index in [1.54, 1.807) is 0 Å². The number of carbonyl (C=O) groups is 2. The fourth-order valence-corrected chi connectivity index (χ4v) is 6.90. The SMILES string of the molecule is CCCN(C(=O)c1c(CN2CCN(CC(C(=O)OCC)c3ccccc3)CC2)c(-c2ccccc2)nc2ccccc12)c1ccccc1C. The number of piperazine rings is 1. The summed E-state index contributed by atoms with van der Waals surface area (Å²) in [7, 11) is 0. The molecule has 1 aliphatic heterocycles. The monoisotopic (exact) mass is 654 g/mol. The number of anilines is 1. The van der Waals surface area contributed by atoms with E-state index in [4.69, 9.17) is 9.72 Å². The van der Waals surface area contributed by atoms with Crippen molar-refractivity contribution in [2.75, 3.05) is 50.8 Å². The maximum Gasteiger partial charge on any atom is 0.314 e. The van der Waals surface area contributed by atoms with E-state index in [-0.39, 0.29) is 17.8 Å². The molecule has 1 unspecified atom stereocenters. The second-order valence-electron chi connectivity index (χ2n) is 12.7. The summed E-state index contributed by atoms with van der Waals surface area (Å²) in [6, 6.07) is 36.3. The van der Waals surface area contributed by atoms with Gasteiger partial charge in [0.1, 0.15) is 0 Å². The van der Waals surface area contributed by atoms with Crippen LogP contribution in [0.25, 0.3) is 22.2 Å². The number of aromatic nitrogens is 1.